The highest BCUT2D eigenvalue weighted by atomic mass is 32.1. The molecule has 0 aliphatic heterocycles. The first kappa shape index (κ1) is 26.7. The summed E-state index contributed by atoms with van der Waals surface area (Å²) in [5.74, 6) is 1.82. The van der Waals surface area contributed by atoms with Gasteiger partial charge >= 0.3 is 0 Å². The summed E-state index contributed by atoms with van der Waals surface area (Å²) in [7, 11) is 0. The molecule has 11 aromatic rings. The number of aromatic nitrogens is 3. The van der Waals surface area contributed by atoms with Gasteiger partial charge in [-0.25, -0.2) is 15.0 Å². The maximum Gasteiger partial charge on any atom is 0.165 e. The Morgan fingerprint density at radius 3 is 1.98 bits per heavy atom. The highest BCUT2D eigenvalue weighted by Crippen LogP contribution is 2.46. The van der Waals surface area contributed by atoms with Crippen LogP contribution in [0.1, 0.15) is 0 Å². The van der Waals surface area contributed by atoms with Crippen LogP contribution in [0.15, 0.2) is 148 Å². The zero-order valence-electron chi connectivity index (χ0n) is 25.8. The van der Waals surface area contributed by atoms with Crippen LogP contribution in [0.4, 0.5) is 0 Å². The molecule has 0 bridgehead atoms. The Kier molecular flexibility index (Phi) is 5.48. The Morgan fingerprint density at radius 2 is 1.10 bits per heavy atom. The predicted octanol–water partition coefficient (Wildman–Crippen LogP) is 12.2. The Morgan fingerprint density at radius 1 is 0.429 bits per heavy atom. The average Bonchev–Trinajstić information content (AvgIpc) is 3.85. The van der Waals surface area contributed by atoms with Crippen LogP contribution in [0, 0.1) is 0 Å². The minimum Gasteiger partial charge on any atom is -0.456 e. The predicted molar refractivity (Wildman–Crippen MR) is 201 cm³/mol. The Labute approximate surface area is 282 Å². The van der Waals surface area contributed by atoms with Crippen molar-refractivity contribution in [1.82, 2.24) is 15.0 Å². The van der Waals surface area contributed by atoms with E-state index in [2.05, 4.69) is 97.1 Å². The third kappa shape index (κ3) is 3.95. The van der Waals surface area contributed by atoms with Crippen LogP contribution in [0.3, 0.4) is 0 Å². The zero-order chi connectivity index (χ0) is 32.1. The van der Waals surface area contributed by atoms with Crippen LogP contribution in [-0.2, 0) is 0 Å². The zero-order valence-corrected chi connectivity index (χ0v) is 26.7. The quantitative estimate of drug-likeness (QED) is 0.191. The molecule has 0 N–H and O–H groups in total. The monoisotopic (exact) mass is 645 g/mol. The first-order valence-electron chi connectivity index (χ1n) is 16.2. The van der Waals surface area contributed by atoms with Crippen molar-refractivity contribution in [2.75, 3.05) is 0 Å². The number of hydrogen-bond acceptors (Lipinski definition) is 6. The van der Waals surface area contributed by atoms with Crippen LogP contribution < -0.4 is 0 Å². The molecule has 5 nitrogen and oxygen atoms in total. The lowest BCUT2D eigenvalue weighted by molar-refractivity contribution is 0.669. The summed E-state index contributed by atoms with van der Waals surface area (Å²) in [6.07, 6.45) is 0. The molecule has 0 saturated heterocycles. The van der Waals surface area contributed by atoms with E-state index in [1.807, 2.05) is 42.5 Å². The molecular formula is C43H23N3O2S. The standard InChI is InChI=1S/C43H23N3O2S/c1-2-11-25-22-26(21-20-24(25)10-1)41-44-42(30-15-9-18-35-37(30)28-13-4-7-17-34(28)47-35)46-43(45-41)32-23-31-27-12-3-6-16-33(27)48-39(31)38-29-14-5-8-19-36(29)49-40(32)38/h1-23H. The van der Waals surface area contributed by atoms with E-state index >= 15 is 0 Å². The highest BCUT2D eigenvalue weighted by molar-refractivity contribution is 7.26. The minimum absolute atomic E-state index is 0.594. The normalized spacial score (nSPS) is 12.1. The summed E-state index contributed by atoms with van der Waals surface area (Å²) in [6, 6.07) is 47.9. The van der Waals surface area contributed by atoms with Crippen molar-refractivity contribution in [1.29, 1.82) is 0 Å². The van der Waals surface area contributed by atoms with Crippen molar-refractivity contribution < 1.29 is 8.83 Å². The van der Waals surface area contributed by atoms with Crippen LogP contribution >= 0.6 is 11.3 Å². The van der Waals surface area contributed by atoms with Crippen LogP contribution in [0.5, 0.6) is 0 Å². The van der Waals surface area contributed by atoms with E-state index in [9.17, 15) is 0 Å². The lowest BCUT2D eigenvalue weighted by Crippen LogP contribution is -2.00. The lowest BCUT2D eigenvalue weighted by atomic mass is 10.0. The Balaban J connectivity index is 1.27. The van der Waals surface area contributed by atoms with Gasteiger partial charge in [0.1, 0.15) is 22.3 Å². The molecule has 0 unspecified atom stereocenters. The molecular weight excluding hydrogens is 623 g/mol. The number of rotatable bonds is 3. The number of nitrogens with zero attached hydrogens (tertiary/aromatic N) is 3. The van der Waals surface area contributed by atoms with Gasteiger partial charge in [0.15, 0.2) is 17.5 Å². The van der Waals surface area contributed by atoms with Gasteiger partial charge in [0, 0.05) is 53.7 Å². The van der Waals surface area contributed by atoms with E-state index < -0.39 is 0 Å². The summed E-state index contributed by atoms with van der Waals surface area (Å²) in [6.45, 7) is 0. The molecule has 0 saturated carbocycles. The summed E-state index contributed by atoms with van der Waals surface area (Å²) >= 11 is 1.74. The van der Waals surface area contributed by atoms with Crippen LogP contribution in [0.25, 0.3) is 109 Å². The fraction of sp³-hybridized carbons (Fsp3) is 0. The molecule has 0 amide bonds. The van der Waals surface area contributed by atoms with E-state index in [1.165, 1.54) is 10.1 Å². The molecule has 0 aliphatic carbocycles. The molecule has 0 spiro atoms. The van der Waals surface area contributed by atoms with Gasteiger partial charge in [0.25, 0.3) is 0 Å². The molecule has 228 valence electrons. The summed E-state index contributed by atoms with van der Waals surface area (Å²) in [5, 5.41) is 8.66. The number of hydrogen-bond donors (Lipinski definition) is 0. The van der Waals surface area contributed by atoms with E-state index in [-0.39, 0.29) is 0 Å². The largest absolute Gasteiger partial charge is 0.456 e. The third-order valence-electron chi connectivity index (χ3n) is 9.52. The smallest absolute Gasteiger partial charge is 0.165 e. The maximum atomic E-state index is 6.57. The van der Waals surface area contributed by atoms with Crippen molar-refractivity contribution in [3.05, 3.63) is 140 Å². The van der Waals surface area contributed by atoms with Gasteiger partial charge in [-0.3, -0.25) is 0 Å². The number of thiophene rings is 1. The second-order valence-electron chi connectivity index (χ2n) is 12.3. The van der Waals surface area contributed by atoms with Crippen LogP contribution in [0.2, 0.25) is 0 Å². The van der Waals surface area contributed by atoms with E-state index in [0.717, 1.165) is 81.4 Å². The molecule has 7 aromatic carbocycles. The SMILES string of the molecule is c1ccc2cc(-c3nc(-c4cc5c6ccccc6oc5c5c4sc4ccccc45)nc(-c4cccc5oc6ccccc6c45)n3)ccc2c1. The fourth-order valence-corrected chi connectivity index (χ4v) is 8.48. The molecule has 0 radical (unpaired) electrons. The number of benzene rings is 7. The van der Waals surface area contributed by atoms with Crippen molar-refractivity contribution in [3.8, 4) is 34.2 Å². The third-order valence-corrected chi connectivity index (χ3v) is 10.7. The van der Waals surface area contributed by atoms with Gasteiger partial charge < -0.3 is 8.83 Å². The molecule has 4 aromatic heterocycles. The average molecular weight is 646 g/mol. The summed E-state index contributed by atoms with van der Waals surface area (Å²) < 4.78 is 15.1. The molecule has 6 heteroatoms. The molecule has 4 heterocycles. The van der Waals surface area contributed by atoms with Gasteiger partial charge in [0.05, 0.1) is 4.70 Å². The second kappa shape index (κ2) is 10.1. The molecule has 11 rings (SSSR count). The van der Waals surface area contributed by atoms with Gasteiger partial charge in [-0.15, -0.1) is 11.3 Å². The second-order valence-corrected chi connectivity index (χ2v) is 13.4. The minimum atomic E-state index is 0.594. The number of para-hydroxylation sites is 2. The fourth-order valence-electron chi connectivity index (χ4n) is 7.27. The molecule has 0 fully saturated rings. The van der Waals surface area contributed by atoms with E-state index in [0.29, 0.717) is 17.5 Å². The van der Waals surface area contributed by atoms with Gasteiger partial charge in [-0.2, -0.15) is 0 Å². The maximum absolute atomic E-state index is 6.57. The van der Waals surface area contributed by atoms with Crippen molar-refractivity contribution in [2.45, 2.75) is 0 Å². The summed E-state index contributed by atoms with van der Waals surface area (Å²) in [4.78, 5) is 15.7. The van der Waals surface area contributed by atoms with Crippen molar-refractivity contribution >= 4 is 86.2 Å². The lowest BCUT2D eigenvalue weighted by Gasteiger charge is -2.11. The van der Waals surface area contributed by atoms with Gasteiger partial charge in [-0.05, 0) is 47.2 Å². The number of furan rings is 2. The highest BCUT2D eigenvalue weighted by Gasteiger charge is 2.23. The first-order chi connectivity index (χ1) is 24.3. The van der Waals surface area contributed by atoms with Crippen molar-refractivity contribution in [2.24, 2.45) is 0 Å². The summed E-state index contributed by atoms with van der Waals surface area (Å²) in [5.41, 5.74) is 6.15. The van der Waals surface area contributed by atoms with Crippen molar-refractivity contribution in [3.63, 3.8) is 0 Å². The van der Waals surface area contributed by atoms with Gasteiger partial charge in [-0.1, -0.05) is 103 Å². The molecule has 0 aliphatic rings. The topological polar surface area (TPSA) is 65.0 Å². The molecule has 49 heavy (non-hydrogen) atoms. The first-order valence-corrected chi connectivity index (χ1v) is 17.0. The van der Waals surface area contributed by atoms with Gasteiger partial charge in [0.2, 0.25) is 0 Å². The molecule has 0 atom stereocenters. The van der Waals surface area contributed by atoms with Crippen LogP contribution in [-0.4, -0.2) is 15.0 Å². The Bertz CT molecular complexity index is 3130. The van der Waals surface area contributed by atoms with E-state index in [4.69, 9.17) is 23.8 Å². The number of fused-ring (bicyclic) bond motifs is 11. The van der Waals surface area contributed by atoms with E-state index in [1.54, 1.807) is 11.3 Å². The Hall–Kier alpha value is -6.37.